The van der Waals surface area contributed by atoms with Gasteiger partial charge in [0.05, 0.1) is 0 Å². The van der Waals surface area contributed by atoms with Crippen LogP contribution in [-0.4, -0.2) is 20.4 Å². The van der Waals surface area contributed by atoms with E-state index < -0.39 is 0 Å². The predicted molar refractivity (Wildman–Crippen MR) is 82.2 cm³/mol. The zero-order chi connectivity index (χ0) is 12.7. The Bertz CT molecular complexity index is 676. The van der Waals surface area contributed by atoms with Crippen molar-refractivity contribution in [3.8, 4) is 0 Å². The number of rotatable bonds is 1. The zero-order valence-corrected chi connectivity index (χ0v) is 13.3. The molecule has 0 spiro atoms. The molecule has 3 heteroatoms. The summed E-state index contributed by atoms with van der Waals surface area (Å²) in [6.07, 6.45) is 0. The van der Waals surface area contributed by atoms with Crippen LogP contribution in [0.15, 0.2) is 74.5 Å². The minimum absolute atomic E-state index is 0.188. The van der Waals surface area contributed by atoms with Crippen LogP contribution in [0.2, 0.25) is 0 Å². The molecule has 1 nitrogen and oxygen atoms in total. The van der Waals surface area contributed by atoms with Crippen LogP contribution in [-0.2, 0) is 0 Å². The quantitative estimate of drug-likeness (QED) is 0.444. The summed E-state index contributed by atoms with van der Waals surface area (Å²) in [5.41, 5.74) is 2.65. The number of anilines is 3. The van der Waals surface area contributed by atoms with E-state index in [1.54, 1.807) is 0 Å². The van der Waals surface area contributed by atoms with Crippen molar-refractivity contribution in [2.45, 2.75) is 9.79 Å². The van der Waals surface area contributed by atoms with Gasteiger partial charge in [0.1, 0.15) is 0 Å². The molecule has 0 fully saturated rings. The van der Waals surface area contributed by atoms with Crippen LogP contribution in [0.4, 0.5) is 15.1 Å². The monoisotopic (exact) mass is 379 g/mol. The third kappa shape index (κ3) is 1.94. The third-order valence-corrected chi connectivity index (χ3v) is 6.72. The summed E-state index contributed by atoms with van der Waals surface area (Å²) in [6, 6.07) is 21.9. The molecule has 1 aromatic heterocycles. The first-order chi connectivity index (χ1) is 9.43. The van der Waals surface area contributed by atoms with Gasteiger partial charge in [0.15, 0.2) is 0 Å². The van der Waals surface area contributed by atoms with E-state index in [0.29, 0.717) is 0 Å². The van der Waals surface area contributed by atoms with E-state index in [0.717, 1.165) is 0 Å². The minimum atomic E-state index is -0.188. The molecule has 92 valence electrons. The van der Waals surface area contributed by atoms with E-state index >= 15 is 0 Å². The van der Waals surface area contributed by atoms with Gasteiger partial charge < -0.3 is 0 Å². The van der Waals surface area contributed by atoms with Crippen LogP contribution < -0.4 is 4.90 Å². The van der Waals surface area contributed by atoms with Gasteiger partial charge in [-0.15, -0.1) is 0 Å². The second-order valence-corrected chi connectivity index (χ2v) is 8.05. The van der Waals surface area contributed by atoms with E-state index in [2.05, 4.69) is 69.6 Å². The summed E-state index contributed by atoms with van der Waals surface area (Å²) in [5, 5.41) is 0. The molecule has 0 radical (unpaired) electrons. The molecule has 0 amide bonds. The molecule has 0 aliphatic carbocycles. The molecular weight excluding hydrogens is 366 g/mol. The second-order valence-electron chi connectivity index (χ2n) is 4.32. The number of hydrogen-bond acceptors (Lipinski definition) is 2. The fraction of sp³-hybridized carbons (Fsp3) is 0. The van der Waals surface area contributed by atoms with Gasteiger partial charge in [-0.05, 0) is 0 Å². The zero-order valence-electron chi connectivity index (χ0n) is 10.1. The molecule has 0 saturated heterocycles. The van der Waals surface area contributed by atoms with Crippen molar-refractivity contribution in [2.24, 2.45) is 0 Å². The number of benzene rings is 2. The standard InChI is InChI=1S/C16H11NSTe/c1-3-8-14-12(6-1)17(16-10-5-11-19-16)13-7-2-4-9-15(13)18-14/h1-11H. The van der Waals surface area contributed by atoms with Gasteiger partial charge in [-0.2, -0.15) is 0 Å². The normalized spacial score (nSPS) is 12.9. The first-order valence-electron chi connectivity index (χ1n) is 6.13. The molecule has 0 unspecified atom stereocenters. The Morgan fingerprint density at radius 3 is 1.95 bits per heavy atom. The van der Waals surface area contributed by atoms with Crippen molar-refractivity contribution in [3.05, 3.63) is 64.7 Å². The summed E-state index contributed by atoms with van der Waals surface area (Å²) < 4.78 is 3.82. The van der Waals surface area contributed by atoms with Crippen LogP contribution in [0.3, 0.4) is 0 Å². The summed E-state index contributed by atoms with van der Waals surface area (Å²) in [4.78, 5) is 5.14. The van der Waals surface area contributed by atoms with E-state index in [-0.39, 0.29) is 20.4 Å². The Morgan fingerprint density at radius 1 is 0.737 bits per heavy atom. The molecule has 19 heavy (non-hydrogen) atoms. The number of nitrogens with zero attached hydrogens (tertiary/aromatic N) is 1. The van der Waals surface area contributed by atoms with Gasteiger partial charge >= 0.3 is 127 Å². The summed E-state index contributed by atoms with van der Waals surface area (Å²) in [6.45, 7) is 0. The van der Waals surface area contributed by atoms with Crippen molar-refractivity contribution in [1.82, 2.24) is 0 Å². The van der Waals surface area contributed by atoms with Crippen molar-refractivity contribution in [2.75, 3.05) is 4.90 Å². The number of para-hydroxylation sites is 2. The Hall–Kier alpha value is -1.14. The molecule has 2 aromatic carbocycles. The fourth-order valence-corrected chi connectivity index (χ4v) is 5.55. The van der Waals surface area contributed by atoms with E-state index in [1.807, 2.05) is 11.8 Å². The Balaban J connectivity index is 1.98. The van der Waals surface area contributed by atoms with Crippen molar-refractivity contribution >= 4 is 47.3 Å². The van der Waals surface area contributed by atoms with E-state index in [9.17, 15) is 0 Å². The van der Waals surface area contributed by atoms with Crippen LogP contribution in [0.5, 0.6) is 0 Å². The van der Waals surface area contributed by atoms with Gasteiger partial charge in [-0.25, -0.2) is 0 Å². The van der Waals surface area contributed by atoms with E-state index in [1.165, 1.54) is 24.9 Å². The van der Waals surface area contributed by atoms with Crippen LogP contribution in [0, 0.1) is 0 Å². The molecular formula is C16H11NSTe. The first-order valence-corrected chi connectivity index (χ1v) is 9.46. The molecule has 1 aliphatic heterocycles. The molecule has 0 bridgehead atoms. The van der Waals surface area contributed by atoms with Gasteiger partial charge in [0.2, 0.25) is 0 Å². The SMILES string of the molecule is c1c[te]c(N2c3ccccc3Sc3ccccc32)c1. The van der Waals surface area contributed by atoms with E-state index in [4.69, 9.17) is 0 Å². The molecule has 0 saturated carbocycles. The molecule has 4 rings (SSSR count). The molecule has 1 aliphatic rings. The molecule has 0 N–H and O–H groups in total. The first kappa shape index (κ1) is 11.7. The Morgan fingerprint density at radius 2 is 1.37 bits per heavy atom. The number of hydrogen-bond donors (Lipinski definition) is 0. The summed E-state index contributed by atoms with van der Waals surface area (Å²) >= 11 is 1.68. The van der Waals surface area contributed by atoms with Gasteiger partial charge in [-0.1, -0.05) is 0 Å². The average molecular weight is 377 g/mol. The second kappa shape index (κ2) is 4.76. The maximum atomic E-state index is 2.45. The summed E-state index contributed by atoms with van der Waals surface area (Å²) in [7, 11) is 0. The Kier molecular flexibility index (Phi) is 2.92. The maximum absolute atomic E-state index is 2.45. The molecule has 3 aromatic rings. The molecule has 0 atom stereocenters. The topological polar surface area (TPSA) is 3.24 Å². The van der Waals surface area contributed by atoms with Crippen LogP contribution >= 0.6 is 11.8 Å². The van der Waals surface area contributed by atoms with Crippen LogP contribution in [0.1, 0.15) is 0 Å². The number of fused-ring (bicyclic) bond motifs is 2. The Labute approximate surface area is 126 Å². The van der Waals surface area contributed by atoms with Crippen LogP contribution in [0.25, 0.3) is 0 Å². The van der Waals surface area contributed by atoms with Gasteiger partial charge in [-0.3, -0.25) is 0 Å². The fourth-order valence-electron chi connectivity index (χ4n) is 2.34. The van der Waals surface area contributed by atoms with Crippen molar-refractivity contribution in [1.29, 1.82) is 0 Å². The van der Waals surface area contributed by atoms with Gasteiger partial charge in [0.25, 0.3) is 0 Å². The predicted octanol–water partition coefficient (Wildman–Crippen LogP) is 4.68. The third-order valence-electron chi connectivity index (χ3n) is 3.16. The van der Waals surface area contributed by atoms with Crippen molar-refractivity contribution < 1.29 is 0 Å². The van der Waals surface area contributed by atoms with Gasteiger partial charge in [0, 0.05) is 0 Å². The van der Waals surface area contributed by atoms with Crippen molar-refractivity contribution in [3.63, 3.8) is 0 Å². The summed E-state index contributed by atoms with van der Waals surface area (Å²) in [5.74, 6) is 0. The average Bonchev–Trinajstić information content (AvgIpc) is 2.98. The molecule has 2 heterocycles.